The molecule has 3 N–H and O–H groups in total. The van der Waals surface area contributed by atoms with Gasteiger partial charge in [-0.15, -0.1) is 12.4 Å². The average Bonchev–Trinajstić information content (AvgIpc) is 3.41. The maximum Gasteiger partial charge on any atom is 0.293 e. The van der Waals surface area contributed by atoms with Gasteiger partial charge in [-0.25, -0.2) is 0 Å². The van der Waals surface area contributed by atoms with Crippen molar-refractivity contribution in [2.45, 2.75) is 30.8 Å². The van der Waals surface area contributed by atoms with Crippen molar-refractivity contribution >= 4 is 29.7 Å². The van der Waals surface area contributed by atoms with Gasteiger partial charge in [0.25, 0.3) is 11.6 Å². The molecule has 2 atom stereocenters. The number of nitrogens with two attached hydrogens (primary N) is 1. The van der Waals surface area contributed by atoms with E-state index in [1.54, 1.807) is 17.0 Å². The van der Waals surface area contributed by atoms with E-state index in [9.17, 15) is 14.9 Å². The Kier molecular flexibility index (Phi) is 5.86. The van der Waals surface area contributed by atoms with E-state index in [0.29, 0.717) is 30.4 Å². The standard InChI is InChI=1S/C20H22N4O3.ClH/c21-17-12-23(11-16(17)13-4-2-1-3-5-13)20(25)14-6-9-18(22-15-7-8-15)19(10-14)24(26)27;/h1-6,9-10,15-17,22H,7-8,11-12,21H2;1H/t16-,17+;/m0./s1. The van der Waals surface area contributed by atoms with E-state index in [1.165, 1.54) is 6.07 Å². The summed E-state index contributed by atoms with van der Waals surface area (Å²) in [5, 5.41) is 14.6. The van der Waals surface area contributed by atoms with Gasteiger partial charge in [0.2, 0.25) is 0 Å². The molecule has 0 bridgehead atoms. The van der Waals surface area contributed by atoms with Crippen molar-refractivity contribution in [1.29, 1.82) is 0 Å². The molecule has 2 aromatic carbocycles. The van der Waals surface area contributed by atoms with Crippen LogP contribution in [-0.2, 0) is 0 Å². The van der Waals surface area contributed by atoms with Crippen molar-refractivity contribution < 1.29 is 9.72 Å². The van der Waals surface area contributed by atoms with Crippen LogP contribution in [0.5, 0.6) is 0 Å². The number of carbonyl (C=O) groups is 1. The number of hydrogen-bond donors (Lipinski definition) is 2. The largest absolute Gasteiger partial charge is 0.377 e. The van der Waals surface area contributed by atoms with Gasteiger partial charge in [-0.1, -0.05) is 30.3 Å². The Bertz CT molecular complexity index is 873. The number of hydrogen-bond acceptors (Lipinski definition) is 5. The summed E-state index contributed by atoms with van der Waals surface area (Å²) in [4.78, 5) is 25.6. The highest BCUT2D eigenvalue weighted by atomic mass is 35.5. The van der Waals surface area contributed by atoms with Gasteiger partial charge < -0.3 is 16.0 Å². The minimum Gasteiger partial charge on any atom is -0.377 e. The molecular weight excluding hydrogens is 380 g/mol. The lowest BCUT2D eigenvalue weighted by atomic mass is 9.95. The summed E-state index contributed by atoms with van der Waals surface area (Å²) in [5.41, 5.74) is 8.11. The number of rotatable bonds is 5. The fraction of sp³-hybridized carbons (Fsp3) is 0.350. The minimum absolute atomic E-state index is 0. The number of likely N-dealkylation sites (tertiary alicyclic amines) is 1. The lowest BCUT2D eigenvalue weighted by Gasteiger charge is -2.17. The third-order valence-electron chi connectivity index (χ3n) is 5.26. The van der Waals surface area contributed by atoms with E-state index in [4.69, 9.17) is 5.73 Å². The second kappa shape index (κ2) is 8.16. The summed E-state index contributed by atoms with van der Waals surface area (Å²) in [6, 6.07) is 14.7. The molecule has 1 saturated heterocycles. The van der Waals surface area contributed by atoms with Crippen LogP contribution in [0.1, 0.15) is 34.7 Å². The molecular formula is C20H23ClN4O3. The van der Waals surface area contributed by atoms with Crippen molar-refractivity contribution in [1.82, 2.24) is 4.90 Å². The summed E-state index contributed by atoms with van der Waals surface area (Å²) in [7, 11) is 0. The van der Waals surface area contributed by atoms with Crippen LogP contribution in [0.15, 0.2) is 48.5 Å². The first-order valence-electron chi connectivity index (χ1n) is 9.17. The predicted octanol–water partition coefficient (Wildman–Crippen LogP) is 3.16. The molecule has 0 aromatic heterocycles. The van der Waals surface area contributed by atoms with Gasteiger partial charge in [0.15, 0.2) is 0 Å². The zero-order valence-electron chi connectivity index (χ0n) is 15.3. The van der Waals surface area contributed by atoms with Crippen molar-refractivity contribution in [2.75, 3.05) is 18.4 Å². The number of carbonyl (C=O) groups excluding carboxylic acids is 1. The second-order valence-corrected chi connectivity index (χ2v) is 7.30. The molecule has 4 rings (SSSR count). The molecule has 2 aromatic rings. The van der Waals surface area contributed by atoms with Crippen LogP contribution in [0.4, 0.5) is 11.4 Å². The Morgan fingerprint density at radius 3 is 2.50 bits per heavy atom. The highest BCUT2D eigenvalue weighted by Crippen LogP contribution is 2.33. The van der Waals surface area contributed by atoms with Gasteiger partial charge in [-0.3, -0.25) is 14.9 Å². The Hall–Kier alpha value is -2.64. The Morgan fingerprint density at radius 1 is 1.14 bits per heavy atom. The first kappa shape index (κ1) is 20.1. The zero-order chi connectivity index (χ0) is 19.0. The molecule has 2 fully saturated rings. The highest BCUT2D eigenvalue weighted by molar-refractivity contribution is 5.96. The molecule has 148 valence electrons. The average molecular weight is 403 g/mol. The van der Waals surface area contributed by atoms with E-state index in [0.717, 1.165) is 18.4 Å². The summed E-state index contributed by atoms with van der Waals surface area (Å²) < 4.78 is 0. The maximum atomic E-state index is 12.9. The third kappa shape index (κ3) is 4.10. The Balaban J connectivity index is 0.00000225. The summed E-state index contributed by atoms with van der Waals surface area (Å²) >= 11 is 0. The lowest BCUT2D eigenvalue weighted by molar-refractivity contribution is -0.384. The molecule has 2 aliphatic rings. The minimum atomic E-state index is -0.440. The second-order valence-electron chi connectivity index (χ2n) is 7.30. The molecule has 0 spiro atoms. The Labute approximate surface area is 169 Å². The fourth-order valence-electron chi connectivity index (χ4n) is 3.62. The SMILES string of the molecule is Cl.N[C@@H]1CN(C(=O)c2ccc(NC3CC3)c([N+](=O)[O-])c2)C[C@H]1c1ccccc1. The summed E-state index contributed by atoms with van der Waals surface area (Å²) in [6.07, 6.45) is 2.04. The van der Waals surface area contributed by atoms with Gasteiger partial charge in [0, 0.05) is 42.7 Å². The monoisotopic (exact) mass is 402 g/mol. The number of amides is 1. The van der Waals surface area contributed by atoms with Crippen molar-refractivity contribution in [2.24, 2.45) is 5.73 Å². The fourth-order valence-corrected chi connectivity index (χ4v) is 3.62. The van der Waals surface area contributed by atoms with Gasteiger partial charge in [-0.2, -0.15) is 0 Å². The van der Waals surface area contributed by atoms with E-state index in [1.807, 2.05) is 30.3 Å². The van der Waals surface area contributed by atoms with E-state index in [-0.39, 0.29) is 36.0 Å². The third-order valence-corrected chi connectivity index (χ3v) is 5.26. The van der Waals surface area contributed by atoms with Gasteiger partial charge in [-0.05, 0) is 30.5 Å². The van der Waals surface area contributed by atoms with E-state index >= 15 is 0 Å². The highest BCUT2D eigenvalue weighted by Gasteiger charge is 2.35. The van der Waals surface area contributed by atoms with Crippen molar-refractivity contribution in [3.05, 3.63) is 69.8 Å². The number of halogens is 1. The van der Waals surface area contributed by atoms with Crippen LogP contribution < -0.4 is 11.1 Å². The first-order valence-corrected chi connectivity index (χ1v) is 9.17. The van der Waals surface area contributed by atoms with E-state index in [2.05, 4.69) is 5.32 Å². The maximum absolute atomic E-state index is 12.9. The van der Waals surface area contributed by atoms with Gasteiger partial charge in [0.05, 0.1) is 4.92 Å². The summed E-state index contributed by atoms with van der Waals surface area (Å²) in [6.45, 7) is 0.953. The number of nitro benzene ring substituents is 1. The number of nitrogens with one attached hydrogen (secondary N) is 1. The topological polar surface area (TPSA) is 102 Å². The molecule has 0 unspecified atom stereocenters. The van der Waals surface area contributed by atoms with Crippen LogP contribution in [0.25, 0.3) is 0 Å². The van der Waals surface area contributed by atoms with Crippen LogP contribution in [-0.4, -0.2) is 40.9 Å². The van der Waals surface area contributed by atoms with Crippen molar-refractivity contribution in [3.63, 3.8) is 0 Å². The molecule has 1 heterocycles. The molecule has 0 radical (unpaired) electrons. The molecule has 1 aliphatic heterocycles. The summed E-state index contributed by atoms with van der Waals surface area (Å²) in [5.74, 6) is -0.147. The smallest absolute Gasteiger partial charge is 0.293 e. The van der Waals surface area contributed by atoms with Crippen LogP contribution >= 0.6 is 12.4 Å². The van der Waals surface area contributed by atoms with Crippen molar-refractivity contribution in [3.8, 4) is 0 Å². The molecule has 28 heavy (non-hydrogen) atoms. The number of nitro groups is 1. The zero-order valence-corrected chi connectivity index (χ0v) is 16.1. The predicted molar refractivity (Wildman–Crippen MR) is 110 cm³/mol. The van der Waals surface area contributed by atoms with Crippen LogP contribution in [0.3, 0.4) is 0 Å². The lowest BCUT2D eigenvalue weighted by Crippen LogP contribution is -2.32. The van der Waals surface area contributed by atoms with Crippen LogP contribution in [0, 0.1) is 10.1 Å². The molecule has 8 heteroatoms. The normalized spacial score (nSPS) is 21.1. The van der Waals surface area contributed by atoms with Crippen LogP contribution in [0.2, 0.25) is 0 Å². The number of anilines is 1. The van der Waals surface area contributed by atoms with Gasteiger partial charge >= 0.3 is 0 Å². The molecule has 1 saturated carbocycles. The molecule has 7 nitrogen and oxygen atoms in total. The first-order chi connectivity index (χ1) is 13.0. The number of nitrogens with zero attached hydrogens (tertiary/aromatic N) is 2. The molecule has 1 aliphatic carbocycles. The number of benzene rings is 2. The Morgan fingerprint density at radius 2 is 1.86 bits per heavy atom. The quantitative estimate of drug-likeness (QED) is 0.590. The van der Waals surface area contributed by atoms with Gasteiger partial charge in [0.1, 0.15) is 5.69 Å². The molecule has 1 amide bonds. The van der Waals surface area contributed by atoms with E-state index < -0.39 is 4.92 Å².